The van der Waals surface area contributed by atoms with Crippen LogP contribution >= 0.6 is 12.2 Å². The predicted molar refractivity (Wildman–Crippen MR) is 125 cm³/mol. The third-order valence-electron chi connectivity index (χ3n) is 4.66. The number of ether oxygens (including phenoxy) is 3. The number of thiocarbonyl (C=S) groups is 1. The minimum absolute atomic E-state index is 0.113. The van der Waals surface area contributed by atoms with Gasteiger partial charge in [0.1, 0.15) is 18.1 Å². The molecule has 1 heterocycles. The molecule has 2 aromatic carbocycles. The third-order valence-corrected chi connectivity index (χ3v) is 4.98. The van der Waals surface area contributed by atoms with Crippen LogP contribution in [0.15, 0.2) is 48.2 Å². The molecule has 0 aliphatic carbocycles. The number of nitrogens with zero attached hydrogens (tertiary/aromatic N) is 1. The molecule has 6 nitrogen and oxygen atoms in total. The lowest BCUT2D eigenvalue weighted by Crippen LogP contribution is -2.33. The van der Waals surface area contributed by atoms with Crippen LogP contribution in [0.3, 0.4) is 0 Å². The van der Waals surface area contributed by atoms with Gasteiger partial charge in [-0.15, -0.1) is 0 Å². The first-order valence-corrected chi connectivity index (χ1v) is 10.7. The molecular formula is C24H28N2O4S. The molecule has 0 atom stereocenters. The van der Waals surface area contributed by atoms with E-state index in [2.05, 4.69) is 19.2 Å². The zero-order chi connectivity index (χ0) is 22.4. The highest BCUT2D eigenvalue weighted by Gasteiger charge is 2.30. The summed E-state index contributed by atoms with van der Waals surface area (Å²) in [6, 6.07) is 13.3. The Labute approximate surface area is 188 Å². The van der Waals surface area contributed by atoms with Crippen molar-refractivity contribution in [2.24, 2.45) is 5.92 Å². The Morgan fingerprint density at radius 1 is 1.10 bits per heavy atom. The minimum Gasteiger partial charge on any atom is -0.496 e. The van der Waals surface area contributed by atoms with Crippen LogP contribution < -0.4 is 19.5 Å². The Bertz CT molecular complexity index is 987. The van der Waals surface area contributed by atoms with Gasteiger partial charge in [-0.3, -0.25) is 9.69 Å². The molecule has 1 aliphatic rings. The zero-order valence-electron chi connectivity index (χ0n) is 18.3. The van der Waals surface area contributed by atoms with Crippen molar-refractivity contribution in [3.63, 3.8) is 0 Å². The summed E-state index contributed by atoms with van der Waals surface area (Å²) in [5.41, 5.74) is 2.17. The van der Waals surface area contributed by atoms with Crippen LogP contribution in [-0.2, 0) is 11.4 Å². The molecule has 0 spiro atoms. The van der Waals surface area contributed by atoms with E-state index >= 15 is 0 Å². The van der Waals surface area contributed by atoms with Crippen LogP contribution in [0.5, 0.6) is 17.2 Å². The summed E-state index contributed by atoms with van der Waals surface area (Å²) < 4.78 is 17.1. The van der Waals surface area contributed by atoms with E-state index in [0.717, 1.165) is 11.1 Å². The van der Waals surface area contributed by atoms with Gasteiger partial charge in [-0.2, -0.15) is 0 Å². The summed E-state index contributed by atoms with van der Waals surface area (Å²) in [5.74, 6) is 2.28. The summed E-state index contributed by atoms with van der Waals surface area (Å²) in [6.07, 6.45) is 1.80. The van der Waals surface area contributed by atoms with Gasteiger partial charge >= 0.3 is 0 Å². The largest absolute Gasteiger partial charge is 0.496 e. The average molecular weight is 441 g/mol. The van der Waals surface area contributed by atoms with Gasteiger partial charge in [-0.25, -0.2) is 0 Å². The van der Waals surface area contributed by atoms with Crippen molar-refractivity contribution >= 4 is 29.3 Å². The summed E-state index contributed by atoms with van der Waals surface area (Å²) in [5, 5.41) is 3.46. The highest BCUT2D eigenvalue weighted by molar-refractivity contribution is 7.80. The molecule has 0 saturated carbocycles. The van der Waals surface area contributed by atoms with Gasteiger partial charge in [0, 0.05) is 12.1 Å². The van der Waals surface area contributed by atoms with Crippen molar-refractivity contribution < 1.29 is 19.0 Å². The molecule has 1 fully saturated rings. The topological polar surface area (TPSA) is 60.0 Å². The van der Waals surface area contributed by atoms with Crippen LogP contribution in [0.25, 0.3) is 6.08 Å². The third kappa shape index (κ3) is 5.55. The highest BCUT2D eigenvalue weighted by atomic mass is 32.1. The second-order valence-electron chi connectivity index (χ2n) is 7.54. The number of hydrogen-bond acceptors (Lipinski definition) is 5. The van der Waals surface area contributed by atoms with E-state index in [1.54, 1.807) is 18.1 Å². The number of para-hydroxylation sites is 2. The fraction of sp³-hybridized carbons (Fsp3) is 0.333. The standard InChI is InChI=1S/C24H28N2O4S/c1-5-29-21-8-6-7-9-22(21)30-15-18-12-17(10-11-20(18)28-4)13-19-23(27)26(14-16(2)3)24(31)25-19/h6-13,16H,5,14-15H2,1-4H3,(H,25,31)/b19-13+. The van der Waals surface area contributed by atoms with Gasteiger partial charge in [-0.05, 0) is 61.0 Å². The molecule has 1 saturated heterocycles. The number of rotatable bonds is 9. The first-order valence-electron chi connectivity index (χ1n) is 10.3. The van der Waals surface area contributed by atoms with Crippen molar-refractivity contribution in [2.75, 3.05) is 20.3 Å². The Morgan fingerprint density at radius 3 is 2.45 bits per heavy atom. The smallest absolute Gasteiger partial charge is 0.276 e. The normalized spacial score (nSPS) is 14.9. The summed E-state index contributed by atoms with van der Waals surface area (Å²) in [6.45, 7) is 7.48. The molecule has 164 valence electrons. The lowest BCUT2D eigenvalue weighted by molar-refractivity contribution is -0.122. The number of methoxy groups -OCH3 is 1. The molecule has 1 amide bonds. The number of amides is 1. The number of carbonyl (C=O) groups is 1. The van der Waals surface area contributed by atoms with Crippen molar-refractivity contribution in [1.82, 2.24) is 10.2 Å². The van der Waals surface area contributed by atoms with Gasteiger partial charge < -0.3 is 19.5 Å². The van der Waals surface area contributed by atoms with Gasteiger partial charge in [0.25, 0.3) is 5.91 Å². The van der Waals surface area contributed by atoms with Crippen LogP contribution in [0.4, 0.5) is 0 Å². The predicted octanol–water partition coefficient (Wildman–Crippen LogP) is 4.39. The maximum atomic E-state index is 12.7. The first kappa shape index (κ1) is 22.6. The Hall–Kier alpha value is -3.06. The van der Waals surface area contributed by atoms with Gasteiger partial charge in [0.2, 0.25) is 0 Å². The molecule has 7 heteroatoms. The second kappa shape index (κ2) is 10.3. The molecule has 0 unspecified atom stereocenters. The van der Waals surface area contributed by atoms with Crippen LogP contribution in [0.1, 0.15) is 31.9 Å². The lowest BCUT2D eigenvalue weighted by Gasteiger charge is -2.16. The quantitative estimate of drug-likeness (QED) is 0.461. The molecular weight excluding hydrogens is 412 g/mol. The van der Waals surface area contributed by atoms with Crippen LogP contribution in [0.2, 0.25) is 0 Å². The van der Waals surface area contributed by atoms with Crippen molar-refractivity contribution in [3.8, 4) is 17.2 Å². The van der Waals surface area contributed by atoms with Crippen LogP contribution in [-0.4, -0.2) is 36.2 Å². The maximum absolute atomic E-state index is 12.7. The van der Waals surface area contributed by atoms with Crippen LogP contribution in [0, 0.1) is 5.92 Å². The Morgan fingerprint density at radius 2 is 1.81 bits per heavy atom. The lowest BCUT2D eigenvalue weighted by atomic mass is 10.1. The van der Waals surface area contributed by atoms with Crippen molar-refractivity contribution in [1.29, 1.82) is 0 Å². The number of nitrogens with one attached hydrogen (secondary N) is 1. The van der Waals surface area contributed by atoms with E-state index in [0.29, 0.717) is 53.7 Å². The SMILES string of the molecule is CCOc1ccccc1OCc1cc(/C=C2/NC(=S)N(CC(C)C)C2=O)ccc1OC. The maximum Gasteiger partial charge on any atom is 0.276 e. The van der Waals surface area contributed by atoms with E-state index in [1.807, 2.05) is 49.4 Å². The Balaban J connectivity index is 1.81. The molecule has 3 rings (SSSR count). The van der Waals surface area contributed by atoms with Crippen molar-refractivity contribution in [3.05, 3.63) is 59.3 Å². The fourth-order valence-electron chi connectivity index (χ4n) is 3.27. The van der Waals surface area contributed by atoms with E-state index in [9.17, 15) is 4.79 Å². The number of carbonyl (C=O) groups excluding carboxylic acids is 1. The molecule has 1 aliphatic heterocycles. The average Bonchev–Trinajstić information content (AvgIpc) is 3.00. The highest BCUT2D eigenvalue weighted by Crippen LogP contribution is 2.29. The van der Waals surface area contributed by atoms with E-state index in [1.165, 1.54) is 0 Å². The Kier molecular flexibility index (Phi) is 7.52. The molecule has 0 bridgehead atoms. The summed E-state index contributed by atoms with van der Waals surface area (Å²) in [4.78, 5) is 14.3. The second-order valence-corrected chi connectivity index (χ2v) is 7.92. The van der Waals surface area contributed by atoms with Gasteiger partial charge in [0.15, 0.2) is 16.6 Å². The van der Waals surface area contributed by atoms with Gasteiger partial charge in [0.05, 0.1) is 13.7 Å². The summed E-state index contributed by atoms with van der Waals surface area (Å²) in [7, 11) is 1.62. The number of hydrogen-bond donors (Lipinski definition) is 1. The molecule has 2 aromatic rings. The molecule has 31 heavy (non-hydrogen) atoms. The molecule has 1 N–H and O–H groups in total. The fourth-order valence-corrected chi connectivity index (χ4v) is 3.54. The van der Waals surface area contributed by atoms with E-state index < -0.39 is 0 Å². The number of benzene rings is 2. The molecule has 0 aromatic heterocycles. The monoisotopic (exact) mass is 440 g/mol. The van der Waals surface area contributed by atoms with E-state index in [4.69, 9.17) is 26.4 Å². The molecule has 0 radical (unpaired) electrons. The summed E-state index contributed by atoms with van der Waals surface area (Å²) >= 11 is 5.33. The van der Waals surface area contributed by atoms with Gasteiger partial charge in [-0.1, -0.05) is 32.0 Å². The minimum atomic E-state index is -0.113. The van der Waals surface area contributed by atoms with E-state index in [-0.39, 0.29) is 5.91 Å². The first-order chi connectivity index (χ1) is 14.9. The zero-order valence-corrected chi connectivity index (χ0v) is 19.1. The van der Waals surface area contributed by atoms with Crippen molar-refractivity contribution in [2.45, 2.75) is 27.4 Å².